The van der Waals surface area contributed by atoms with Gasteiger partial charge in [0.15, 0.2) is 9.84 Å². The van der Waals surface area contributed by atoms with Gasteiger partial charge in [-0.15, -0.1) is 0 Å². The number of sulfone groups is 1. The number of allylic oxidation sites excluding steroid dienone is 1. The molecule has 1 aliphatic heterocycles. The molecule has 0 aromatic heterocycles. The largest absolute Gasteiger partial charge is 0.513 e. The second-order valence-electron chi connectivity index (χ2n) is 8.93. The van der Waals surface area contributed by atoms with E-state index in [-0.39, 0.29) is 40.7 Å². The normalized spacial score (nSPS) is 17.0. The lowest BCUT2D eigenvalue weighted by molar-refractivity contribution is 0.156. The van der Waals surface area contributed by atoms with Crippen molar-refractivity contribution >= 4 is 21.4 Å². The Morgan fingerprint density at radius 1 is 1.22 bits per heavy atom. The summed E-state index contributed by atoms with van der Waals surface area (Å²) in [5.74, 6) is 0.748. The minimum atomic E-state index is -3.88. The SMILES string of the molecule is C=C(O)CCC1CC(S(=O)(=O)c2ccc(C)c(OC)c2)c2cc(OCc3c(F)cccc3Cl)ccc2O1. The molecule has 196 valence electrons. The summed E-state index contributed by atoms with van der Waals surface area (Å²) in [4.78, 5) is 0.127. The number of hydrogen-bond donors (Lipinski definition) is 1. The number of fused-ring (bicyclic) bond motifs is 1. The van der Waals surface area contributed by atoms with Crippen molar-refractivity contribution in [3.63, 3.8) is 0 Å². The van der Waals surface area contributed by atoms with E-state index in [1.54, 1.807) is 36.4 Å². The van der Waals surface area contributed by atoms with Gasteiger partial charge in [0.25, 0.3) is 0 Å². The summed E-state index contributed by atoms with van der Waals surface area (Å²) < 4.78 is 59.3. The Morgan fingerprint density at radius 2 is 2.00 bits per heavy atom. The Balaban J connectivity index is 1.70. The summed E-state index contributed by atoms with van der Waals surface area (Å²) in [6, 6.07) is 14.1. The minimum Gasteiger partial charge on any atom is -0.513 e. The van der Waals surface area contributed by atoms with Crippen LogP contribution in [0.3, 0.4) is 0 Å². The maximum Gasteiger partial charge on any atom is 0.185 e. The number of ether oxygens (including phenoxy) is 3. The molecule has 0 aliphatic carbocycles. The van der Waals surface area contributed by atoms with Crippen molar-refractivity contribution in [1.82, 2.24) is 0 Å². The van der Waals surface area contributed by atoms with Crippen molar-refractivity contribution in [2.24, 2.45) is 0 Å². The summed E-state index contributed by atoms with van der Waals surface area (Å²) in [6.07, 6.45) is 0.409. The summed E-state index contributed by atoms with van der Waals surface area (Å²) in [5, 5.41) is 8.86. The van der Waals surface area contributed by atoms with Crippen LogP contribution in [0, 0.1) is 12.7 Å². The molecule has 3 aromatic carbocycles. The molecule has 1 aliphatic rings. The number of rotatable bonds is 9. The van der Waals surface area contributed by atoms with Gasteiger partial charge in [0.2, 0.25) is 0 Å². The zero-order valence-corrected chi connectivity index (χ0v) is 22.1. The van der Waals surface area contributed by atoms with Gasteiger partial charge in [-0.25, -0.2) is 12.8 Å². The van der Waals surface area contributed by atoms with E-state index in [0.717, 1.165) is 5.56 Å². The highest BCUT2D eigenvalue weighted by atomic mass is 35.5. The van der Waals surface area contributed by atoms with Crippen LogP contribution in [0.1, 0.15) is 41.2 Å². The minimum absolute atomic E-state index is 0.00706. The fourth-order valence-corrected chi connectivity index (χ4v) is 6.40. The Labute approximate surface area is 221 Å². The topological polar surface area (TPSA) is 82.1 Å². The maximum atomic E-state index is 14.2. The van der Waals surface area contributed by atoms with Crippen LogP contribution in [0.15, 0.2) is 71.8 Å². The van der Waals surface area contributed by atoms with Crippen molar-refractivity contribution in [3.8, 4) is 17.2 Å². The molecule has 0 saturated heterocycles. The number of aryl methyl sites for hydroxylation is 1. The Bertz CT molecular complexity index is 1400. The average Bonchev–Trinajstić information content (AvgIpc) is 2.86. The van der Waals surface area contributed by atoms with Gasteiger partial charge in [-0.3, -0.25) is 0 Å². The monoisotopic (exact) mass is 546 g/mol. The first-order valence-electron chi connectivity index (χ1n) is 11.7. The second-order valence-corrected chi connectivity index (χ2v) is 11.5. The fourth-order valence-electron chi connectivity index (χ4n) is 4.33. The van der Waals surface area contributed by atoms with Gasteiger partial charge in [-0.05, 0) is 61.4 Å². The molecule has 2 atom stereocenters. The predicted molar refractivity (Wildman–Crippen MR) is 140 cm³/mol. The highest BCUT2D eigenvalue weighted by Gasteiger charge is 2.38. The Kier molecular flexibility index (Phi) is 7.99. The standard InChI is InChI=1S/C28H28ClFO6S/c1-17-7-11-21(15-27(17)34-3)37(32,33)28-14-20(9-8-18(2)31)36-26-12-10-19(13-22(26)28)35-16-23-24(29)5-4-6-25(23)30/h4-7,10-13,15,20,28,31H,2,8-9,14,16H2,1,3H3. The molecule has 0 spiro atoms. The van der Waals surface area contributed by atoms with Crippen molar-refractivity contribution in [3.05, 3.63) is 94.5 Å². The Hall–Kier alpha value is -3.23. The number of aliphatic hydroxyl groups is 1. The van der Waals surface area contributed by atoms with E-state index in [1.165, 1.54) is 25.3 Å². The highest BCUT2D eigenvalue weighted by Crippen LogP contribution is 2.45. The smallest absolute Gasteiger partial charge is 0.185 e. The van der Waals surface area contributed by atoms with Crippen LogP contribution in [-0.4, -0.2) is 26.7 Å². The summed E-state index contributed by atoms with van der Waals surface area (Å²) in [7, 11) is -2.38. The van der Waals surface area contributed by atoms with Crippen molar-refractivity contribution in [2.45, 2.75) is 49.0 Å². The molecular formula is C28H28ClFO6S. The first-order valence-corrected chi connectivity index (χ1v) is 13.6. The first-order chi connectivity index (χ1) is 17.6. The third-order valence-corrected chi connectivity index (χ3v) is 8.84. The van der Waals surface area contributed by atoms with Gasteiger partial charge >= 0.3 is 0 Å². The molecule has 1 heterocycles. The molecular weight excluding hydrogens is 519 g/mol. The highest BCUT2D eigenvalue weighted by molar-refractivity contribution is 7.91. The van der Waals surface area contributed by atoms with Crippen LogP contribution >= 0.6 is 11.6 Å². The molecule has 2 unspecified atom stereocenters. The molecule has 1 N–H and O–H groups in total. The van der Waals surface area contributed by atoms with E-state index in [0.29, 0.717) is 29.2 Å². The van der Waals surface area contributed by atoms with Gasteiger partial charge in [0.05, 0.1) is 28.0 Å². The lowest BCUT2D eigenvalue weighted by Gasteiger charge is -2.32. The molecule has 0 saturated carbocycles. The fraction of sp³-hybridized carbons (Fsp3) is 0.286. The number of methoxy groups -OCH3 is 1. The first kappa shape index (κ1) is 26.8. The lowest BCUT2D eigenvalue weighted by atomic mass is 9.98. The molecule has 37 heavy (non-hydrogen) atoms. The van der Waals surface area contributed by atoms with Crippen LogP contribution in [0.4, 0.5) is 4.39 Å². The van der Waals surface area contributed by atoms with Crippen LogP contribution in [0.25, 0.3) is 0 Å². The zero-order valence-electron chi connectivity index (χ0n) is 20.5. The van der Waals surface area contributed by atoms with Crippen LogP contribution in [0.2, 0.25) is 5.02 Å². The molecule has 4 rings (SSSR count). The molecule has 3 aromatic rings. The van der Waals surface area contributed by atoms with Crippen LogP contribution < -0.4 is 14.2 Å². The Morgan fingerprint density at radius 3 is 2.70 bits per heavy atom. The van der Waals surface area contributed by atoms with Crippen LogP contribution in [0.5, 0.6) is 17.2 Å². The summed E-state index contributed by atoms with van der Waals surface area (Å²) >= 11 is 6.11. The van der Waals surface area contributed by atoms with Crippen molar-refractivity contribution in [1.29, 1.82) is 0 Å². The molecule has 0 bridgehead atoms. The quantitative estimate of drug-likeness (QED) is 0.294. The van der Waals surface area contributed by atoms with Crippen LogP contribution in [-0.2, 0) is 16.4 Å². The molecule has 6 nitrogen and oxygen atoms in total. The van der Waals surface area contributed by atoms with Gasteiger partial charge in [-0.2, -0.15) is 0 Å². The van der Waals surface area contributed by atoms with Crippen molar-refractivity contribution < 1.29 is 32.1 Å². The van der Waals surface area contributed by atoms with E-state index in [1.807, 2.05) is 6.92 Å². The van der Waals surface area contributed by atoms with Gasteiger partial charge in [-0.1, -0.05) is 30.3 Å². The van der Waals surface area contributed by atoms with E-state index in [2.05, 4.69) is 6.58 Å². The van der Waals surface area contributed by atoms with Gasteiger partial charge < -0.3 is 19.3 Å². The van der Waals surface area contributed by atoms with Gasteiger partial charge in [0.1, 0.15) is 35.8 Å². The third-order valence-electron chi connectivity index (χ3n) is 6.38. The summed E-state index contributed by atoms with van der Waals surface area (Å²) in [5.41, 5.74) is 1.46. The third kappa shape index (κ3) is 5.86. The van der Waals surface area contributed by atoms with E-state index in [9.17, 15) is 17.9 Å². The molecule has 0 amide bonds. The van der Waals surface area contributed by atoms with E-state index < -0.39 is 27.0 Å². The number of halogens is 2. The number of aliphatic hydroxyl groups excluding tert-OH is 1. The molecule has 0 fully saturated rings. The lowest BCUT2D eigenvalue weighted by Crippen LogP contribution is -2.30. The summed E-state index contributed by atoms with van der Waals surface area (Å²) in [6.45, 7) is 5.22. The molecule has 0 radical (unpaired) electrons. The maximum absolute atomic E-state index is 14.2. The number of hydrogen-bond acceptors (Lipinski definition) is 6. The number of benzene rings is 3. The second kappa shape index (κ2) is 11.0. The van der Waals surface area contributed by atoms with E-state index in [4.69, 9.17) is 25.8 Å². The zero-order chi connectivity index (χ0) is 26.7. The van der Waals surface area contributed by atoms with Crippen molar-refractivity contribution in [2.75, 3.05) is 7.11 Å². The predicted octanol–water partition coefficient (Wildman–Crippen LogP) is 6.89. The average molecular weight is 547 g/mol. The van der Waals surface area contributed by atoms with Gasteiger partial charge in [0, 0.05) is 24.0 Å². The van der Waals surface area contributed by atoms with E-state index >= 15 is 0 Å². The molecule has 9 heteroatoms.